The number of carbonyl (C=O) groups is 2. The van der Waals surface area contributed by atoms with Crippen molar-refractivity contribution in [3.8, 4) is 5.69 Å². The van der Waals surface area contributed by atoms with E-state index in [1.807, 2.05) is 61.5 Å². The quantitative estimate of drug-likeness (QED) is 0.184. The van der Waals surface area contributed by atoms with Crippen LogP contribution in [-0.2, 0) is 23.2 Å². The van der Waals surface area contributed by atoms with E-state index in [0.717, 1.165) is 29.8 Å². The Kier molecular flexibility index (Phi) is 9.82. The van der Waals surface area contributed by atoms with Crippen LogP contribution in [0, 0.1) is 6.92 Å². The van der Waals surface area contributed by atoms with Crippen molar-refractivity contribution in [1.29, 1.82) is 0 Å². The molecule has 4 aromatic rings. The monoisotopic (exact) mass is 554 g/mol. The van der Waals surface area contributed by atoms with Crippen LogP contribution in [0.2, 0.25) is 0 Å². The Morgan fingerprint density at radius 3 is 2.39 bits per heavy atom. The van der Waals surface area contributed by atoms with Crippen LogP contribution < -0.4 is 5.32 Å². The van der Waals surface area contributed by atoms with Crippen molar-refractivity contribution < 1.29 is 14.0 Å². The number of furan rings is 1. The molecule has 41 heavy (non-hydrogen) atoms. The average molecular weight is 555 g/mol. The lowest BCUT2D eigenvalue weighted by molar-refractivity contribution is -0.117. The highest BCUT2D eigenvalue weighted by atomic mass is 16.3. The first-order valence-corrected chi connectivity index (χ1v) is 14.5. The second kappa shape index (κ2) is 13.5. The minimum atomic E-state index is -0.312. The summed E-state index contributed by atoms with van der Waals surface area (Å²) < 4.78 is 7.29. The van der Waals surface area contributed by atoms with Gasteiger partial charge in [-0.25, -0.2) is 4.68 Å². The normalized spacial score (nSPS) is 11.4. The van der Waals surface area contributed by atoms with E-state index in [-0.39, 0.29) is 30.3 Å². The number of anilines is 1. The van der Waals surface area contributed by atoms with Gasteiger partial charge in [-0.2, -0.15) is 5.10 Å². The summed E-state index contributed by atoms with van der Waals surface area (Å²) in [6.07, 6.45) is 7.37. The number of aryl methyl sites for hydroxylation is 2. The number of nitrogens with zero attached hydrogens (tertiary/aromatic N) is 3. The minimum absolute atomic E-state index is 0.137. The number of unbranched alkanes of at least 4 members (excludes halogenated alkanes) is 3. The highest BCUT2D eigenvalue weighted by Crippen LogP contribution is 2.27. The van der Waals surface area contributed by atoms with Crippen LogP contribution >= 0.6 is 0 Å². The largest absolute Gasteiger partial charge is 0.467 e. The van der Waals surface area contributed by atoms with Crippen molar-refractivity contribution >= 4 is 17.6 Å². The lowest BCUT2D eigenvalue weighted by Crippen LogP contribution is -2.37. The molecule has 0 aliphatic heterocycles. The molecular formula is C34H42N4O3. The van der Waals surface area contributed by atoms with Gasteiger partial charge in [0.2, 0.25) is 5.91 Å². The van der Waals surface area contributed by atoms with Crippen LogP contribution in [-0.4, -0.2) is 33.0 Å². The highest BCUT2D eigenvalue weighted by Gasteiger charge is 2.24. The standard InChI is InChI=1S/C34H42N4O3/c1-6-7-8-9-14-26-17-19-27(20-18-26)33(40)37(23-28-15-12-21-41-28)24-32(39)35-31-22-30(34(3,4)5)36-38(31)29-16-11-10-13-25(29)2/h10-13,15-22H,6-9,14,23-24H2,1-5H3,(H,35,39). The number of hydrogen-bond donors (Lipinski definition) is 1. The zero-order valence-corrected chi connectivity index (χ0v) is 24.9. The molecule has 0 unspecified atom stereocenters. The molecule has 0 aliphatic carbocycles. The van der Waals surface area contributed by atoms with Crippen molar-refractivity contribution in [2.45, 2.75) is 78.7 Å². The molecule has 2 heterocycles. The Morgan fingerprint density at radius 1 is 0.976 bits per heavy atom. The fraction of sp³-hybridized carbons (Fsp3) is 0.382. The third-order valence-corrected chi connectivity index (χ3v) is 7.16. The average Bonchev–Trinajstić information content (AvgIpc) is 3.61. The number of nitrogens with one attached hydrogen (secondary N) is 1. The van der Waals surface area contributed by atoms with Crippen molar-refractivity contribution in [3.63, 3.8) is 0 Å². The lowest BCUT2D eigenvalue weighted by atomic mass is 9.92. The maximum Gasteiger partial charge on any atom is 0.254 e. The molecule has 7 heteroatoms. The molecule has 216 valence electrons. The topological polar surface area (TPSA) is 80.4 Å². The molecule has 0 fully saturated rings. The van der Waals surface area contributed by atoms with Gasteiger partial charge < -0.3 is 14.6 Å². The number of rotatable bonds is 12. The van der Waals surface area contributed by atoms with Crippen molar-refractivity contribution in [3.05, 3.63) is 101 Å². The fourth-order valence-corrected chi connectivity index (χ4v) is 4.72. The third kappa shape index (κ3) is 7.97. The van der Waals surface area contributed by atoms with E-state index < -0.39 is 0 Å². The number of benzene rings is 2. The second-order valence-corrected chi connectivity index (χ2v) is 11.7. The maximum absolute atomic E-state index is 13.6. The first kappa shape index (κ1) is 29.8. The molecule has 1 N–H and O–H groups in total. The van der Waals surface area contributed by atoms with Crippen molar-refractivity contribution in [1.82, 2.24) is 14.7 Å². The SMILES string of the molecule is CCCCCCc1ccc(C(=O)N(CC(=O)Nc2cc(C(C)(C)C)nn2-c2ccccc2C)Cc2ccco2)cc1. The summed E-state index contributed by atoms with van der Waals surface area (Å²) in [4.78, 5) is 28.6. The number of aromatic nitrogens is 2. The zero-order valence-electron chi connectivity index (χ0n) is 24.9. The number of carbonyl (C=O) groups excluding carboxylic acids is 2. The van der Waals surface area contributed by atoms with Gasteiger partial charge in [0.1, 0.15) is 18.1 Å². The lowest BCUT2D eigenvalue weighted by Gasteiger charge is -2.22. The molecule has 2 aromatic carbocycles. The molecule has 0 radical (unpaired) electrons. The first-order chi connectivity index (χ1) is 19.7. The van der Waals surface area contributed by atoms with Gasteiger partial charge in [0.05, 0.1) is 24.2 Å². The number of amides is 2. The van der Waals surface area contributed by atoms with Gasteiger partial charge in [-0.1, -0.05) is 77.3 Å². The van der Waals surface area contributed by atoms with Crippen molar-refractivity contribution in [2.24, 2.45) is 0 Å². The first-order valence-electron chi connectivity index (χ1n) is 14.5. The summed E-state index contributed by atoms with van der Waals surface area (Å²) in [5, 5.41) is 7.86. The van der Waals surface area contributed by atoms with E-state index in [0.29, 0.717) is 17.1 Å². The van der Waals surface area contributed by atoms with Gasteiger partial charge in [-0.3, -0.25) is 9.59 Å². The minimum Gasteiger partial charge on any atom is -0.467 e. The summed E-state index contributed by atoms with van der Waals surface area (Å²) in [5.41, 5.74) is 4.33. The van der Waals surface area contributed by atoms with E-state index in [1.165, 1.54) is 29.7 Å². The molecule has 0 saturated heterocycles. The van der Waals surface area contributed by atoms with Crippen LogP contribution in [0.5, 0.6) is 0 Å². The highest BCUT2D eigenvalue weighted by molar-refractivity contribution is 5.99. The summed E-state index contributed by atoms with van der Waals surface area (Å²) >= 11 is 0. The molecule has 4 rings (SSSR count). The van der Waals surface area contributed by atoms with Gasteiger partial charge in [0.15, 0.2) is 0 Å². The van der Waals surface area contributed by atoms with Crippen LogP contribution in [0.3, 0.4) is 0 Å². The molecule has 2 amide bonds. The van der Waals surface area contributed by atoms with Gasteiger partial charge in [0.25, 0.3) is 5.91 Å². The number of para-hydroxylation sites is 1. The predicted molar refractivity (Wildman–Crippen MR) is 163 cm³/mol. The third-order valence-electron chi connectivity index (χ3n) is 7.16. The molecule has 0 aliphatic rings. The van der Waals surface area contributed by atoms with Crippen LogP contribution in [0.25, 0.3) is 5.69 Å². The van der Waals surface area contributed by atoms with Crippen LogP contribution in [0.1, 0.15) is 86.3 Å². The van der Waals surface area contributed by atoms with Crippen molar-refractivity contribution in [2.75, 3.05) is 11.9 Å². The van der Waals surface area contributed by atoms with Gasteiger partial charge in [-0.15, -0.1) is 0 Å². The summed E-state index contributed by atoms with van der Waals surface area (Å²) in [5.74, 6) is 0.634. The molecular weight excluding hydrogens is 512 g/mol. The Balaban J connectivity index is 1.54. The van der Waals surface area contributed by atoms with E-state index in [2.05, 4.69) is 33.0 Å². The Hall–Kier alpha value is -4.13. The van der Waals surface area contributed by atoms with Gasteiger partial charge in [-0.05, 0) is 61.2 Å². The van der Waals surface area contributed by atoms with E-state index in [4.69, 9.17) is 9.52 Å². The van der Waals surface area contributed by atoms with E-state index in [1.54, 1.807) is 23.1 Å². The molecule has 0 spiro atoms. The summed E-state index contributed by atoms with van der Waals surface area (Å²) in [7, 11) is 0. The van der Waals surface area contributed by atoms with Gasteiger partial charge >= 0.3 is 0 Å². The van der Waals surface area contributed by atoms with Crippen LogP contribution in [0.15, 0.2) is 77.4 Å². The molecule has 0 bridgehead atoms. The predicted octanol–water partition coefficient (Wildman–Crippen LogP) is 7.48. The van der Waals surface area contributed by atoms with Gasteiger partial charge in [0, 0.05) is 17.0 Å². The zero-order chi connectivity index (χ0) is 29.4. The Bertz CT molecular complexity index is 1430. The molecule has 2 aromatic heterocycles. The van der Waals surface area contributed by atoms with Crippen LogP contribution in [0.4, 0.5) is 5.82 Å². The van der Waals surface area contributed by atoms with E-state index >= 15 is 0 Å². The smallest absolute Gasteiger partial charge is 0.254 e. The Morgan fingerprint density at radius 2 is 1.73 bits per heavy atom. The Labute approximate surface area is 243 Å². The summed E-state index contributed by atoms with van der Waals surface area (Å²) in [6, 6.07) is 21.1. The summed E-state index contributed by atoms with van der Waals surface area (Å²) in [6.45, 7) is 10.5. The maximum atomic E-state index is 13.6. The second-order valence-electron chi connectivity index (χ2n) is 11.7. The van der Waals surface area contributed by atoms with E-state index in [9.17, 15) is 9.59 Å². The molecule has 7 nitrogen and oxygen atoms in total. The fourth-order valence-electron chi connectivity index (χ4n) is 4.72. The molecule has 0 atom stereocenters. The molecule has 0 saturated carbocycles. The number of hydrogen-bond acceptors (Lipinski definition) is 4.